The van der Waals surface area contributed by atoms with E-state index >= 15 is 0 Å². The number of aromatic nitrogens is 2. The number of carbonyl (C=O) groups is 1. The molecule has 0 aliphatic heterocycles. The normalized spacial score (nSPS) is 12.4. The van der Waals surface area contributed by atoms with Gasteiger partial charge in [-0.25, -0.2) is 4.98 Å². The first kappa shape index (κ1) is 14.4. The summed E-state index contributed by atoms with van der Waals surface area (Å²) in [6, 6.07) is 0. The van der Waals surface area contributed by atoms with Crippen LogP contribution in [0.3, 0.4) is 0 Å². The molecule has 0 saturated heterocycles. The van der Waals surface area contributed by atoms with Crippen molar-refractivity contribution in [1.82, 2.24) is 9.97 Å². The van der Waals surface area contributed by atoms with Gasteiger partial charge in [0, 0.05) is 24.8 Å². The molecule has 0 amide bonds. The minimum absolute atomic E-state index is 0.0770. The molecule has 0 spiro atoms. The van der Waals surface area contributed by atoms with Gasteiger partial charge < -0.3 is 14.8 Å². The summed E-state index contributed by atoms with van der Waals surface area (Å²) in [5.74, 6) is -0.442. The number of H-pyrrole nitrogens is 1. The summed E-state index contributed by atoms with van der Waals surface area (Å²) in [6.45, 7) is 3.64. The van der Waals surface area contributed by atoms with Crippen LogP contribution in [0.4, 0.5) is 0 Å². The van der Waals surface area contributed by atoms with E-state index in [1.165, 1.54) is 0 Å². The largest absolute Gasteiger partial charge is 0.481 e. The van der Waals surface area contributed by atoms with Gasteiger partial charge in [0.1, 0.15) is 11.9 Å². The number of nitrogens with zero attached hydrogens (tertiary/aromatic N) is 1. The molecule has 0 saturated carbocycles. The Morgan fingerprint density at radius 1 is 1.56 bits per heavy atom. The van der Waals surface area contributed by atoms with E-state index in [1.807, 2.05) is 6.92 Å². The summed E-state index contributed by atoms with van der Waals surface area (Å²) >= 11 is 0. The number of carboxylic acid groups (broad SMARTS) is 1. The minimum Gasteiger partial charge on any atom is -0.481 e. The second-order valence-electron chi connectivity index (χ2n) is 4.04. The molecule has 0 aromatic carbocycles. The van der Waals surface area contributed by atoms with Crippen molar-refractivity contribution >= 4 is 5.97 Å². The van der Waals surface area contributed by atoms with Crippen LogP contribution in [-0.2, 0) is 16.0 Å². The SMILES string of the molecule is CCC(OC)c1nc(C)c(CCC(=O)O)c(=O)[nH]1. The number of nitrogens with one attached hydrogen (secondary N) is 1. The molecule has 1 heterocycles. The van der Waals surface area contributed by atoms with Gasteiger partial charge in [-0.2, -0.15) is 0 Å². The van der Waals surface area contributed by atoms with Crippen LogP contribution in [0, 0.1) is 6.92 Å². The molecular weight excluding hydrogens is 236 g/mol. The fourth-order valence-corrected chi connectivity index (χ4v) is 1.78. The number of aromatic amines is 1. The van der Waals surface area contributed by atoms with Gasteiger partial charge in [-0.3, -0.25) is 9.59 Å². The van der Waals surface area contributed by atoms with Crippen LogP contribution in [0.5, 0.6) is 0 Å². The van der Waals surface area contributed by atoms with E-state index < -0.39 is 5.97 Å². The Labute approximate surface area is 105 Å². The van der Waals surface area contributed by atoms with E-state index in [-0.39, 0.29) is 24.5 Å². The molecule has 1 aromatic heterocycles. The summed E-state index contributed by atoms with van der Waals surface area (Å²) in [7, 11) is 1.56. The van der Waals surface area contributed by atoms with Gasteiger partial charge in [0.2, 0.25) is 0 Å². The first-order valence-electron chi connectivity index (χ1n) is 5.83. The second-order valence-corrected chi connectivity index (χ2v) is 4.04. The average molecular weight is 254 g/mol. The summed E-state index contributed by atoms with van der Waals surface area (Å²) < 4.78 is 5.21. The third-order valence-electron chi connectivity index (χ3n) is 2.79. The van der Waals surface area contributed by atoms with E-state index in [4.69, 9.17) is 9.84 Å². The Bertz CT molecular complexity index is 477. The number of hydrogen-bond acceptors (Lipinski definition) is 4. The molecular formula is C12H18N2O4. The fraction of sp³-hybridized carbons (Fsp3) is 0.583. The van der Waals surface area contributed by atoms with Crippen molar-refractivity contribution < 1.29 is 14.6 Å². The van der Waals surface area contributed by atoms with Gasteiger partial charge in [-0.15, -0.1) is 0 Å². The highest BCUT2D eigenvalue weighted by molar-refractivity contribution is 5.67. The lowest BCUT2D eigenvalue weighted by atomic mass is 10.1. The molecule has 0 fully saturated rings. The molecule has 1 aromatic rings. The second kappa shape index (κ2) is 6.30. The van der Waals surface area contributed by atoms with Crippen LogP contribution in [0.1, 0.15) is 43.0 Å². The van der Waals surface area contributed by atoms with Crippen LogP contribution >= 0.6 is 0 Å². The van der Waals surface area contributed by atoms with E-state index in [0.29, 0.717) is 23.5 Å². The average Bonchev–Trinajstić information content (AvgIpc) is 2.29. The van der Waals surface area contributed by atoms with Crippen molar-refractivity contribution in [3.63, 3.8) is 0 Å². The fourth-order valence-electron chi connectivity index (χ4n) is 1.78. The molecule has 1 rings (SSSR count). The third kappa shape index (κ3) is 3.40. The number of hydrogen-bond donors (Lipinski definition) is 2. The minimum atomic E-state index is -0.929. The Balaban J connectivity index is 3.04. The molecule has 0 radical (unpaired) electrons. The quantitative estimate of drug-likeness (QED) is 0.795. The van der Waals surface area contributed by atoms with Gasteiger partial charge in [0.25, 0.3) is 5.56 Å². The van der Waals surface area contributed by atoms with Crippen LogP contribution in [0.2, 0.25) is 0 Å². The molecule has 2 N–H and O–H groups in total. The predicted octanol–water partition coefficient (Wildman–Crippen LogP) is 1.19. The maximum atomic E-state index is 11.9. The Hall–Kier alpha value is -1.69. The standard InChI is InChI=1S/C12H18N2O4/c1-4-9(18-3)11-13-7(2)8(12(17)14-11)5-6-10(15)16/h9H,4-6H2,1-3H3,(H,15,16)(H,13,14,17). The topological polar surface area (TPSA) is 92.3 Å². The molecule has 6 heteroatoms. The molecule has 0 aliphatic carbocycles. The first-order chi connectivity index (χ1) is 8.49. The summed E-state index contributed by atoms with van der Waals surface area (Å²) in [5, 5.41) is 8.62. The zero-order valence-electron chi connectivity index (χ0n) is 10.8. The zero-order chi connectivity index (χ0) is 13.7. The highest BCUT2D eigenvalue weighted by atomic mass is 16.5. The van der Waals surface area contributed by atoms with Crippen molar-refractivity contribution in [2.45, 2.75) is 39.2 Å². The number of rotatable bonds is 6. The molecule has 1 atom stereocenters. The zero-order valence-corrected chi connectivity index (χ0v) is 10.8. The van der Waals surface area contributed by atoms with Crippen molar-refractivity contribution in [3.05, 3.63) is 27.4 Å². The van der Waals surface area contributed by atoms with Crippen LogP contribution in [-0.4, -0.2) is 28.2 Å². The third-order valence-corrected chi connectivity index (χ3v) is 2.79. The number of ether oxygens (including phenoxy) is 1. The highest BCUT2D eigenvalue weighted by Gasteiger charge is 2.15. The lowest BCUT2D eigenvalue weighted by Crippen LogP contribution is -2.22. The van der Waals surface area contributed by atoms with Crippen LogP contribution < -0.4 is 5.56 Å². The number of carboxylic acids is 1. The maximum Gasteiger partial charge on any atom is 0.303 e. The van der Waals surface area contributed by atoms with Gasteiger partial charge in [0.15, 0.2) is 0 Å². The summed E-state index contributed by atoms with van der Waals surface area (Å²) in [5.41, 5.74) is 0.701. The van der Waals surface area contributed by atoms with Gasteiger partial charge >= 0.3 is 5.97 Å². The predicted molar refractivity (Wildman–Crippen MR) is 65.6 cm³/mol. The number of aryl methyl sites for hydroxylation is 1. The van der Waals surface area contributed by atoms with Gasteiger partial charge in [0.05, 0.1) is 0 Å². The number of aliphatic carboxylic acids is 1. The van der Waals surface area contributed by atoms with Gasteiger partial charge in [-0.1, -0.05) is 6.92 Å². The molecule has 18 heavy (non-hydrogen) atoms. The van der Waals surface area contributed by atoms with E-state index in [9.17, 15) is 9.59 Å². The van der Waals surface area contributed by atoms with Gasteiger partial charge in [-0.05, 0) is 19.8 Å². The molecule has 100 valence electrons. The highest BCUT2D eigenvalue weighted by Crippen LogP contribution is 2.15. The van der Waals surface area contributed by atoms with E-state index in [1.54, 1.807) is 14.0 Å². The molecule has 1 unspecified atom stereocenters. The van der Waals surface area contributed by atoms with E-state index in [0.717, 1.165) is 0 Å². The monoisotopic (exact) mass is 254 g/mol. The lowest BCUT2D eigenvalue weighted by Gasteiger charge is -2.13. The maximum absolute atomic E-state index is 11.9. The Kier molecular flexibility index (Phi) is 5.03. The summed E-state index contributed by atoms with van der Waals surface area (Å²) in [4.78, 5) is 29.3. The Morgan fingerprint density at radius 2 is 2.22 bits per heavy atom. The van der Waals surface area contributed by atoms with Crippen LogP contribution in [0.15, 0.2) is 4.79 Å². The smallest absolute Gasteiger partial charge is 0.303 e. The van der Waals surface area contributed by atoms with Crippen molar-refractivity contribution in [3.8, 4) is 0 Å². The lowest BCUT2D eigenvalue weighted by molar-refractivity contribution is -0.136. The van der Waals surface area contributed by atoms with Crippen molar-refractivity contribution in [1.29, 1.82) is 0 Å². The molecule has 0 aliphatic rings. The van der Waals surface area contributed by atoms with Crippen LogP contribution in [0.25, 0.3) is 0 Å². The Morgan fingerprint density at radius 3 is 2.67 bits per heavy atom. The first-order valence-corrected chi connectivity index (χ1v) is 5.83. The molecule has 0 bridgehead atoms. The number of methoxy groups -OCH3 is 1. The van der Waals surface area contributed by atoms with E-state index in [2.05, 4.69) is 9.97 Å². The summed E-state index contributed by atoms with van der Waals surface area (Å²) in [6.07, 6.45) is 0.567. The molecule has 6 nitrogen and oxygen atoms in total. The van der Waals surface area contributed by atoms with Crippen molar-refractivity contribution in [2.24, 2.45) is 0 Å². The van der Waals surface area contributed by atoms with Crippen molar-refractivity contribution in [2.75, 3.05) is 7.11 Å².